The summed E-state index contributed by atoms with van der Waals surface area (Å²) in [6.45, 7) is 1.59. The molecule has 0 radical (unpaired) electrons. The molecule has 1 fully saturated rings. The molecular formula is C18H16F3N5O. The number of hydrogen-bond donors (Lipinski definition) is 1. The van der Waals surface area contributed by atoms with Gasteiger partial charge in [0.15, 0.2) is 5.57 Å². The van der Waals surface area contributed by atoms with Gasteiger partial charge in [0.25, 0.3) is 0 Å². The van der Waals surface area contributed by atoms with Crippen LogP contribution < -0.4 is 10.1 Å². The molecule has 1 heterocycles. The van der Waals surface area contributed by atoms with Crippen LogP contribution in [0.15, 0.2) is 29.5 Å². The van der Waals surface area contributed by atoms with E-state index in [1.54, 1.807) is 6.07 Å². The number of halogens is 3. The molecular weight excluding hydrogens is 359 g/mol. The molecule has 1 N–H and O–H groups in total. The average molecular weight is 375 g/mol. The summed E-state index contributed by atoms with van der Waals surface area (Å²) in [7, 11) is 1.97. The number of nitrogens with one attached hydrogen (secondary N) is 1. The zero-order chi connectivity index (χ0) is 20.0. The first-order valence-electron chi connectivity index (χ1n) is 8.06. The monoisotopic (exact) mass is 375 g/mol. The van der Waals surface area contributed by atoms with E-state index in [1.165, 1.54) is 18.2 Å². The highest BCUT2D eigenvalue weighted by atomic mass is 19.4. The summed E-state index contributed by atoms with van der Waals surface area (Å²) >= 11 is 0. The van der Waals surface area contributed by atoms with Gasteiger partial charge in [0.05, 0.1) is 11.3 Å². The third-order valence-electron chi connectivity index (χ3n) is 4.11. The summed E-state index contributed by atoms with van der Waals surface area (Å²) in [4.78, 5) is 2.12. The normalized spacial score (nSPS) is 15.1. The van der Waals surface area contributed by atoms with Crippen LogP contribution >= 0.6 is 0 Å². The number of piperidine rings is 1. The molecule has 1 aromatic carbocycles. The van der Waals surface area contributed by atoms with Crippen LogP contribution in [0, 0.1) is 34.0 Å². The highest BCUT2D eigenvalue weighted by Crippen LogP contribution is 2.36. The van der Waals surface area contributed by atoms with E-state index in [-0.39, 0.29) is 17.5 Å². The Morgan fingerprint density at radius 3 is 2.30 bits per heavy atom. The number of nitrogens with zero attached hydrogens (tertiary/aromatic N) is 4. The molecule has 1 aromatic rings. The van der Waals surface area contributed by atoms with E-state index in [0.717, 1.165) is 25.2 Å². The third-order valence-corrected chi connectivity index (χ3v) is 4.11. The van der Waals surface area contributed by atoms with Gasteiger partial charge in [-0.15, -0.1) is 0 Å². The van der Waals surface area contributed by atoms with Crippen LogP contribution in [-0.2, 0) is 6.18 Å². The molecule has 140 valence electrons. The number of nitriles is 3. The van der Waals surface area contributed by atoms with Gasteiger partial charge in [-0.05, 0) is 38.1 Å². The summed E-state index contributed by atoms with van der Waals surface area (Å²) < 4.78 is 45.0. The van der Waals surface area contributed by atoms with Crippen LogP contribution in [0.3, 0.4) is 0 Å². The van der Waals surface area contributed by atoms with Crippen molar-refractivity contribution < 1.29 is 17.9 Å². The van der Waals surface area contributed by atoms with Crippen LogP contribution in [0.2, 0.25) is 0 Å². The van der Waals surface area contributed by atoms with Crippen molar-refractivity contribution in [3.8, 4) is 24.0 Å². The summed E-state index contributed by atoms with van der Waals surface area (Å²) in [5.74, 6) is 0.125. The van der Waals surface area contributed by atoms with Gasteiger partial charge in [-0.3, -0.25) is 0 Å². The molecule has 0 bridgehead atoms. The Labute approximate surface area is 154 Å². The van der Waals surface area contributed by atoms with Gasteiger partial charge in [-0.2, -0.15) is 29.0 Å². The predicted molar refractivity (Wildman–Crippen MR) is 90.1 cm³/mol. The fraction of sp³-hybridized carbons (Fsp3) is 0.389. The smallest absolute Gasteiger partial charge is 0.416 e. The van der Waals surface area contributed by atoms with Gasteiger partial charge in [-0.1, -0.05) is 0 Å². The van der Waals surface area contributed by atoms with E-state index in [2.05, 4.69) is 10.2 Å². The molecule has 9 heteroatoms. The van der Waals surface area contributed by atoms with E-state index < -0.39 is 23.0 Å². The topological polar surface area (TPSA) is 95.9 Å². The lowest BCUT2D eigenvalue weighted by Crippen LogP contribution is -2.35. The zero-order valence-corrected chi connectivity index (χ0v) is 14.5. The molecule has 6 nitrogen and oxygen atoms in total. The van der Waals surface area contributed by atoms with Crippen LogP contribution in [0.4, 0.5) is 18.9 Å². The van der Waals surface area contributed by atoms with Crippen molar-refractivity contribution in [2.75, 3.05) is 25.5 Å². The number of ether oxygens (including phenoxy) is 1. The standard InChI is InChI=1S/C18H16F3N5O/c1-26-6-4-14(5-7-26)27-17-3-2-13(18(19,20)21)8-15(17)25-16(11-24)12(9-22)10-23/h2-3,8,14,25H,4-7H2,1H3. The second-order valence-corrected chi connectivity index (χ2v) is 6.04. The number of anilines is 1. The Hall–Kier alpha value is -3.22. The molecule has 0 aromatic heterocycles. The molecule has 1 aliphatic heterocycles. The van der Waals surface area contributed by atoms with E-state index in [4.69, 9.17) is 20.5 Å². The quantitative estimate of drug-likeness (QED) is 0.810. The highest BCUT2D eigenvalue weighted by Gasteiger charge is 2.32. The minimum absolute atomic E-state index is 0.122. The lowest BCUT2D eigenvalue weighted by Gasteiger charge is -2.30. The van der Waals surface area contributed by atoms with Crippen molar-refractivity contribution in [3.05, 3.63) is 35.0 Å². The molecule has 1 aliphatic rings. The maximum atomic E-state index is 13.1. The largest absolute Gasteiger partial charge is 0.488 e. The van der Waals surface area contributed by atoms with Crippen LogP contribution in [0.1, 0.15) is 18.4 Å². The zero-order valence-electron chi connectivity index (χ0n) is 14.5. The Kier molecular flexibility index (Phi) is 6.28. The molecule has 27 heavy (non-hydrogen) atoms. The van der Waals surface area contributed by atoms with Crippen molar-refractivity contribution in [2.24, 2.45) is 0 Å². The molecule has 0 atom stereocenters. The van der Waals surface area contributed by atoms with Gasteiger partial charge < -0.3 is 15.0 Å². The number of benzene rings is 1. The predicted octanol–water partition coefficient (Wildman–Crippen LogP) is 3.42. The number of rotatable bonds is 4. The lowest BCUT2D eigenvalue weighted by atomic mass is 10.1. The SMILES string of the molecule is CN1CCC(Oc2ccc(C(F)(F)F)cc2NC(C#N)=C(C#N)C#N)CC1. The van der Waals surface area contributed by atoms with E-state index in [0.29, 0.717) is 12.8 Å². The van der Waals surface area contributed by atoms with Gasteiger partial charge in [0.1, 0.15) is 35.8 Å². The summed E-state index contributed by atoms with van der Waals surface area (Å²) in [6.07, 6.45) is -3.36. The van der Waals surface area contributed by atoms with Crippen molar-refractivity contribution in [2.45, 2.75) is 25.1 Å². The van der Waals surface area contributed by atoms with Crippen molar-refractivity contribution in [3.63, 3.8) is 0 Å². The van der Waals surface area contributed by atoms with Gasteiger partial charge >= 0.3 is 6.18 Å². The fourth-order valence-corrected chi connectivity index (χ4v) is 2.61. The average Bonchev–Trinajstić information content (AvgIpc) is 2.63. The first-order chi connectivity index (χ1) is 12.8. The summed E-state index contributed by atoms with van der Waals surface area (Å²) in [5, 5.41) is 29.4. The molecule has 0 spiro atoms. The Bertz CT molecular complexity index is 834. The first kappa shape index (κ1) is 20.1. The number of allylic oxidation sites excluding steroid dienone is 2. The Balaban J connectivity index is 2.39. The minimum atomic E-state index is -4.59. The first-order valence-corrected chi connectivity index (χ1v) is 8.06. The molecule has 1 saturated heterocycles. The van der Waals surface area contributed by atoms with Crippen LogP contribution in [0.25, 0.3) is 0 Å². The van der Waals surface area contributed by atoms with E-state index in [1.807, 2.05) is 7.05 Å². The van der Waals surface area contributed by atoms with Crippen LogP contribution in [-0.4, -0.2) is 31.1 Å². The molecule has 0 aliphatic carbocycles. The maximum absolute atomic E-state index is 13.1. The van der Waals surface area contributed by atoms with E-state index in [9.17, 15) is 13.2 Å². The third kappa shape index (κ3) is 5.13. The summed E-state index contributed by atoms with van der Waals surface area (Å²) in [5.41, 5.74) is -2.02. The number of likely N-dealkylation sites (tertiary alicyclic amines) is 1. The van der Waals surface area contributed by atoms with Gasteiger partial charge in [0, 0.05) is 13.1 Å². The molecule has 2 rings (SSSR count). The fourth-order valence-electron chi connectivity index (χ4n) is 2.61. The molecule has 0 saturated carbocycles. The van der Waals surface area contributed by atoms with Crippen molar-refractivity contribution >= 4 is 5.69 Å². The van der Waals surface area contributed by atoms with E-state index >= 15 is 0 Å². The minimum Gasteiger partial charge on any atom is -0.488 e. The van der Waals surface area contributed by atoms with Crippen LogP contribution in [0.5, 0.6) is 5.75 Å². The Morgan fingerprint density at radius 1 is 1.15 bits per heavy atom. The number of hydrogen-bond acceptors (Lipinski definition) is 6. The van der Waals surface area contributed by atoms with Gasteiger partial charge in [-0.25, -0.2) is 0 Å². The lowest BCUT2D eigenvalue weighted by molar-refractivity contribution is -0.137. The maximum Gasteiger partial charge on any atom is 0.416 e. The second kappa shape index (κ2) is 8.44. The second-order valence-electron chi connectivity index (χ2n) is 6.04. The molecule has 0 amide bonds. The summed E-state index contributed by atoms with van der Waals surface area (Å²) in [6, 6.07) is 7.57. The molecule has 0 unspecified atom stereocenters. The Morgan fingerprint density at radius 2 is 1.78 bits per heavy atom. The van der Waals surface area contributed by atoms with Crippen molar-refractivity contribution in [1.82, 2.24) is 4.90 Å². The number of alkyl halides is 3. The highest BCUT2D eigenvalue weighted by molar-refractivity contribution is 5.65. The van der Waals surface area contributed by atoms with Crippen molar-refractivity contribution in [1.29, 1.82) is 15.8 Å². The van der Waals surface area contributed by atoms with Gasteiger partial charge in [0.2, 0.25) is 0 Å².